The van der Waals surface area contributed by atoms with E-state index < -0.39 is 10.0 Å². The van der Waals surface area contributed by atoms with Crippen LogP contribution in [0.3, 0.4) is 0 Å². The van der Waals surface area contributed by atoms with Crippen molar-refractivity contribution in [3.05, 3.63) is 66.7 Å². The van der Waals surface area contributed by atoms with E-state index in [-0.39, 0.29) is 24.0 Å². The lowest BCUT2D eigenvalue weighted by molar-refractivity contribution is -0.118. The van der Waals surface area contributed by atoms with E-state index in [0.717, 1.165) is 5.56 Å². The fourth-order valence-corrected chi connectivity index (χ4v) is 3.02. The predicted molar refractivity (Wildman–Crippen MR) is 97.1 cm³/mol. The van der Waals surface area contributed by atoms with Gasteiger partial charge in [-0.2, -0.15) is 0 Å². The van der Waals surface area contributed by atoms with E-state index in [1.54, 1.807) is 6.07 Å². The van der Waals surface area contributed by atoms with Crippen molar-refractivity contribution in [3.8, 4) is 5.75 Å². The minimum Gasteiger partial charge on any atom is -0.484 e. The zero-order valence-electron chi connectivity index (χ0n) is 13.9. The fourth-order valence-electron chi connectivity index (χ4n) is 2.02. The minimum atomic E-state index is -3.58. The summed E-state index contributed by atoms with van der Waals surface area (Å²) < 4.78 is 31.7. The van der Waals surface area contributed by atoms with Gasteiger partial charge in [-0.1, -0.05) is 18.2 Å². The van der Waals surface area contributed by atoms with Crippen LogP contribution in [0.25, 0.3) is 0 Å². The highest BCUT2D eigenvalue weighted by Crippen LogP contribution is 2.15. The van der Waals surface area contributed by atoms with E-state index >= 15 is 0 Å². The van der Waals surface area contributed by atoms with E-state index in [1.165, 1.54) is 30.3 Å². The zero-order valence-corrected chi connectivity index (χ0v) is 14.7. The molecule has 0 bridgehead atoms. The van der Waals surface area contributed by atoms with Gasteiger partial charge in [0.2, 0.25) is 10.0 Å². The standard InChI is InChI=1S/C18H20N2O4S/c1-3-11-19-25(22,23)17-9-7-15(8-10-17)20-18(21)13-24-16-6-4-5-14(2)12-16/h3-10,12,19H,1,11,13H2,2H3,(H,20,21). The molecule has 0 radical (unpaired) electrons. The summed E-state index contributed by atoms with van der Waals surface area (Å²) >= 11 is 0. The van der Waals surface area contributed by atoms with Crippen molar-refractivity contribution in [2.24, 2.45) is 0 Å². The van der Waals surface area contributed by atoms with Crippen LogP contribution in [0.15, 0.2) is 66.1 Å². The number of hydrogen-bond donors (Lipinski definition) is 2. The quantitative estimate of drug-likeness (QED) is 0.708. The number of anilines is 1. The highest BCUT2D eigenvalue weighted by atomic mass is 32.2. The van der Waals surface area contributed by atoms with Crippen LogP contribution in [-0.4, -0.2) is 27.5 Å². The first-order valence-electron chi connectivity index (χ1n) is 7.60. The average molecular weight is 360 g/mol. The third kappa shape index (κ3) is 5.74. The fraction of sp³-hybridized carbons (Fsp3) is 0.167. The largest absolute Gasteiger partial charge is 0.484 e. The van der Waals surface area contributed by atoms with Gasteiger partial charge in [-0.25, -0.2) is 13.1 Å². The summed E-state index contributed by atoms with van der Waals surface area (Å²) in [4.78, 5) is 12.0. The molecular formula is C18H20N2O4S. The molecule has 2 rings (SSSR count). The maximum absolute atomic E-state index is 11.9. The summed E-state index contributed by atoms with van der Waals surface area (Å²) in [6, 6.07) is 13.3. The molecule has 0 aliphatic rings. The monoisotopic (exact) mass is 360 g/mol. The van der Waals surface area contributed by atoms with Gasteiger partial charge in [0.25, 0.3) is 5.91 Å². The Bertz CT molecular complexity index is 846. The topological polar surface area (TPSA) is 84.5 Å². The maximum atomic E-state index is 11.9. The molecule has 0 saturated heterocycles. The van der Waals surface area contributed by atoms with Crippen LogP contribution in [0.1, 0.15) is 5.56 Å². The molecule has 0 aliphatic heterocycles. The number of hydrogen-bond acceptors (Lipinski definition) is 4. The maximum Gasteiger partial charge on any atom is 0.262 e. The lowest BCUT2D eigenvalue weighted by atomic mass is 10.2. The highest BCUT2D eigenvalue weighted by molar-refractivity contribution is 7.89. The Morgan fingerprint density at radius 3 is 2.56 bits per heavy atom. The van der Waals surface area contributed by atoms with E-state index in [2.05, 4.69) is 16.6 Å². The molecular weight excluding hydrogens is 340 g/mol. The Labute approximate surface area is 147 Å². The molecule has 7 heteroatoms. The Morgan fingerprint density at radius 2 is 1.92 bits per heavy atom. The lowest BCUT2D eigenvalue weighted by Gasteiger charge is -2.09. The number of carbonyl (C=O) groups excluding carboxylic acids is 1. The SMILES string of the molecule is C=CCNS(=O)(=O)c1ccc(NC(=O)COc2cccc(C)c2)cc1. The van der Waals surface area contributed by atoms with Crippen molar-refractivity contribution < 1.29 is 17.9 Å². The highest BCUT2D eigenvalue weighted by Gasteiger charge is 2.12. The molecule has 2 aromatic rings. The second kappa shape index (κ2) is 8.46. The van der Waals surface area contributed by atoms with E-state index in [4.69, 9.17) is 4.74 Å². The molecule has 0 aliphatic carbocycles. The van der Waals surface area contributed by atoms with Gasteiger partial charge in [-0.3, -0.25) is 4.79 Å². The van der Waals surface area contributed by atoms with Crippen LogP contribution in [-0.2, 0) is 14.8 Å². The third-order valence-electron chi connectivity index (χ3n) is 3.23. The van der Waals surface area contributed by atoms with Gasteiger partial charge >= 0.3 is 0 Å². The molecule has 0 aromatic heterocycles. The van der Waals surface area contributed by atoms with Gasteiger partial charge in [-0.15, -0.1) is 6.58 Å². The Morgan fingerprint density at radius 1 is 1.20 bits per heavy atom. The normalized spacial score (nSPS) is 10.9. The van der Waals surface area contributed by atoms with Crippen molar-refractivity contribution in [3.63, 3.8) is 0 Å². The lowest BCUT2D eigenvalue weighted by Crippen LogP contribution is -2.23. The number of amides is 1. The number of sulfonamides is 1. The number of carbonyl (C=O) groups is 1. The first kappa shape index (κ1) is 18.7. The molecule has 0 saturated carbocycles. The average Bonchev–Trinajstić information content (AvgIpc) is 2.59. The summed E-state index contributed by atoms with van der Waals surface area (Å²) in [7, 11) is -3.58. The van der Waals surface area contributed by atoms with Gasteiger partial charge in [0, 0.05) is 12.2 Å². The Kier molecular flexibility index (Phi) is 6.32. The third-order valence-corrected chi connectivity index (χ3v) is 4.67. The summed E-state index contributed by atoms with van der Waals surface area (Å²) in [5, 5.41) is 2.65. The molecule has 0 spiro atoms. The smallest absolute Gasteiger partial charge is 0.262 e. The van der Waals surface area contributed by atoms with Crippen LogP contribution in [0, 0.1) is 6.92 Å². The van der Waals surface area contributed by atoms with Gasteiger partial charge in [0.15, 0.2) is 6.61 Å². The van der Waals surface area contributed by atoms with Crippen LogP contribution in [0.2, 0.25) is 0 Å². The van der Waals surface area contributed by atoms with Crippen LogP contribution < -0.4 is 14.8 Å². The van der Waals surface area contributed by atoms with Gasteiger partial charge < -0.3 is 10.1 Å². The first-order valence-corrected chi connectivity index (χ1v) is 9.09. The Hall–Kier alpha value is -2.64. The van der Waals surface area contributed by atoms with Gasteiger partial charge in [0.05, 0.1) is 4.90 Å². The second-order valence-electron chi connectivity index (χ2n) is 5.32. The number of aryl methyl sites for hydroxylation is 1. The number of rotatable bonds is 8. The molecule has 0 fully saturated rings. The van der Waals surface area contributed by atoms with E-state index in [0.29, 0.717) is 11.4 Å². The molecule has 0 unspecified atom stereocenters. The van der Waals surface area contributed by atoms with Crippen LogP contribution in [0.5, 0.6) is 5.75 Å². The number of ether oxygens (including phenoxy) is 1. The minimum absolute atomic E-state index is 0.114. The van der Waals surface area contributed by atoms with Crippen LogP contribution in [0.4, 0.5) is 5.69 Å². The Balaban J connectivity index is 1.92. The van der Waals surface area contributed by atoms with Crippen LogP contribution >= 0.6 is 0 Å². The molecule has 1 amide bonds. The molecule has 2 aromatic carbocycles. The molecule has 0 atom stereocenters. The van der Waals surface area contributed by atoms with E-state index in [9.17, 15) is 13.2 Å². The molecule has 6 nitrogen and oxygen atoms in total. The molecule has 0 heterocycles. The molecule has 25 heavy (non-hydrogen) atoms. The van der Waals surface area contributed by atoms with Crippen molar-refractivity contribution in [1.82, 2.24) is 4.72 Å². The molecule has 132 valence electrons. The zero-order chi connectivity index (χ0) is 18.3. The van der Waals surface area contributed by atoms with Gasteiger partial charge in [-0.05, 0) is 48.9 Å². The van der Waals surface area contributed by atoms with Gasteiger partial charge in [0.1, 0.15) is 5.75 Å². The van der Waals surface area contributed by atoms with Crippen molar-refractivity contribution in [2.45, 2.75) is 11.8 Å². The van der Waals surface area contributed by atoms with E-state index in [1.807, 2.05) is 25.1 Å². The summed E-state index contributed by atoms with van der Waals surface area (Å²) in [6.07, 6.45) is 1.46. The first-order chi connectivity index (χ1) is 11.9. The van der Waals surface area contributed by atoms with Crippen molar-refractivity contribution in [2.75, 3.05) is 18.5 Å². The number of benzene rings is 2. The second-order valence-corrected chi connectivity index (χ2v) is 7.09. The van der Waals surface area contributed by atoms with Crippen molar-refractivity contribution in [1.29, 1.82) is 0 Å². The molecule has 2 N–H and O–H groups in total. The summed E-state index contributed by atoms with van der Waals surface area (Å²) in [6.45, 7) is 5.41. The van der Waals surface area contributed by atoms with Crippen molar-refractivity contribution >= 4 is 21.6 Å². The predicted octanol–water partition coefficient (Wildman–Crippen LogP) is 2.48. The summed E-state index contributed by atoms with van der Waals surface area (Å²) in [5.74, 6) is 0.284. The summed E-state index contributed by atoms with van der Waals surface area (Å²) in [5.41, 5.74) is 1.53. The number of nitrogens with one attached hydrogen (secondary N) is 2.